The van der Waals surface area contributed by atoms with Gasteiger partial charge in [-0.15, -0.1) is 0 Å². The van der Waals surface area contributed by atoms with Gasteiger partial charge in [-0.2, -0.15) is 0 Å². The number of aromatic nitrogens is 1. The van der Waals surface area contributed by atoms with Crippen molar-refractivity contribution in [2.45, 2.75) is 53.0 Å². The SMILES string of the molecule is CCCCN(CCCC)Cc1c(C)[nH]c2ccccc2c1=O. The Labute approximate surface area is 133 Å². The fourth-order valence-corrected chi connectivity index (χ4v) is 2.85. The Balaban J connectivity index is 2.29. The maximum atomic E-state index is 12.8. The van der Waals surface area contributed by atoms with Crippen molar-refractivity contribution in [1.29, 1.82) is 0 Å². The molecule has 1 N–H and O–H groups in total. The summed E-state index contributed by atoms with van der Waals surface area (Å²) in [5.74, 6) is 0. The Morgan fingerprint density at radius 2 is 1.68 bits per heavy atom. The minimum absolute atomic E-state index is 0.185. The van der Waals surface area contributed by atoms with Crippen molar-refractivity contribution in [2.24, 2.45) is 0 Å². The normalized spacial score (nSPS) is 11.5. The molecule has 0 aliphatic carbocycles. The summed E-state index contributed by atoms with van der Waals surface area (Å²) < 4.78 is 0. The molecule has 0 bridgehead atoms. The third-order valence-corrected chi connectivity index (χ3v) is 4.26. The van der Waals surface area contributed by atoms with Crippen LogP contribution in [0.15, 0.2) is 29.1 Å². The Kier molecular flexibility index (Phi) is 6.20. The maximum Gasteiger partial charge on any atom is 0.194 e. The molecule has 1 heterocycles. The smallest absolute Gasteiger partial charge is 0.194 e. The quantitative estimate of drug-likeness (QED) is 0.791. The van der Waals surface area contributed by atoms with Crippen LogP contribution in [-0.2, 0) is 6.54 Å². The molecule has 120 valence electrons. The number of nitrogens with one attached hydrogen (secondary N) is 1. The van der Waals surface area contributed by atoms with Crippen LogP contribution in [0.4, 0.5) is 0 Å². The lowest BCUT2D eigenvalue weighted by atomic mass is 10.1. The molecule has 0 spiro atoms. The predicted octanol–water partition coefficient (Wildman–Crippen LogP) is 4.24. The number of aromatic amines is 1. The first-order valence-electron chi connectivity index (χ1n) is 8.50. The Morgan fingerprint density at radius 3 is 2.32 bits per heavy atom. The van der Waals surface area contributed by atoms with Crippen LogP contribution in [0.3, 0.4) is 0 Å². The van der Waals surface area contributed by atoms with Gasteiger partial charge >= 0.3 is 0 Å². The van der Waals surface area contributed by atoms with E-state index in [2.05, 4.69) is 23.7 Å². The largest absolute Gasteiger partial charge is 0.358 e. The molecule has 0 radical (unpaired) electrons. The van der Waals surface area contributed by atoms with Crippen molar-refractivity contribution in [3.05, 3.63) is 45.7 Å². The summed E-state index contributed by atoms with van der Waals surface area (Å²) >= 11 is 0. The van der Waals surface area contributed by atoms with E-state index in [4.69, 9.17) is 0 Å². The van der Waals surface area contributed by atoms with E-state index in [9.17, 15) is 4.79 Å². The molecule has 2 rings (SSSR count). The molecule has 0 aliphatic heterocycles. The highest BCUT2D eigenvalue weighted by Crippen LogP contribution is 2.13. The maximum absolute atomic E-state index is 12.8. The number of hydrogen-bond acceptors (Lipinski definition) is 2. The van der Waals surface area contributed by atoms with Gasteiger partial charge in [0.25, 0.3) is 0 Å². The van der Waals surface area contributed by atoms with E-state index < -0.39 is 0 Å². The number of hydrogen-bond donors (Lipinski definition) is 1. The number of aryl methyl sites for hydroxylation is 1. The highest BCUT2D eigenvalue weighted by Gasteiger charge is 2.13. The van der Waals surface area contributed by atoms with Crippen LogP contribution in [0.5, 0.6) is 0 Å². The van der Waals surface area contributed by atoms with E-state index in [1.807, 2.05) is 31.2 Å². The van der Waals surface area contributed by atoms with Crippen LogP contribution in [0.25, 0.3) is 10.9 Å². The molecule has 3 heteroatoms. The number of benzene rings is 1. The van der Waals surface area contributed by atoms with Crippen LogP contribution in [0.1, 0.15) is 50.8 Å². The van der Waals surface area contributed by atoms with Gasteiger partial charge in [-0.05, 0) is 45.0 Å². The summed E-state index contributed by atoms with van der Waals surface area (Å²) in [6.45, 7) is 9.34. The van der Waals surface area contributed by atoms with E-state index in [1.165, 1.54) is 25.7 Å². The van der Waals surface area contributed by atoms with E-state index in [-0.39, 0.29) is 5.43 Å². The van der Waals surface area contributed by atoms with Crippen molar-refractivity contribution in [2.75, 3.05) is 13.1 Å². The van der Waals surface area contributed by atoms with Crippen molar-refractivity contribution < 1.29 is 0 Å². The summed E-state index contributed by atoms with van der Waals surface area (Å²) in [7, 11) is 0. The summed E-state index contributed by atoms with van der Waals surface area (Å²) in [6.07, 6.45) is 4.76. The number of pyridine rings is 1. The molecule has 0 aliphatic rings. The zero-order valence-electron chi connectivity index (χ0n) is 14.1. The van der Waals surface area contributed by atoms with Gasteiger partial charge in [-0.3, -0.25) is 9.69 Å². The summed E-state index contributed by atoms with van der Waals surface area (Å²) in [6, 6.07) is 7.79. The highest BCUT2D eigenvalue weighted by atomic mass is 16.1. The molecule has 0 saturated carbocycles. The second kappa shape index (κ2) is 8.14. The molecule has 0 fully saturated rings. The zero-order valence-corrected chi connectivity index (χ0v) is 14.1. The van der Waals surface area contributed by atoms with Gasteiger partial charge in [0.15, 0.2) is 5.43 Å². The number of H-pyrrole nitrogens is 1. The average molecular weight is 300 g/mol. The summed E-state index contributed by atoms with van der Waals surface area (Å²) in [5.41, 5.74) is 3.04. The van der Waals surface area contributed by atoms with Crippen molar-refractivity contribution in [3.63, 3.8) is 0 Å². The third kappa shape index (κ3) is 3.98. The molecule has 0 atom stereocenters. The molecule has 3 nitrogen and oxygen atoms in total. The molecule has 2 aromatic rings. The van der Waals surface area contributed by atoms with Crippen molar-refractivity contribution in [1.82, 2.24) is 9.88 Å². The molecule has 1 aromatic heterocycles. The number of para-hydroxylation sites is 1. The minimum atomic E-state index is 0.185. The summed E-state index contributed by atoms with van der Waals surface area (Å²) in [4.78, 5) is 18.6. The number of nitrogens with zero attached hydrogens (tertiary/aromatic N) is 1. The number of unbranched alkanes of at least 4 members (excludes halogenated alkanes) is 2. The molecular formula is C19H28N2O. The van der Waals surface area contributed by atoms with Crippen LogP contribution in [-0.4, -0.2) is 23.0 Å². The molecule has 0 saturated heterocycles. The van der Waals surface area contributed by atoms with Gasteiger partial charge in [0.05, 0.1) is 0 Å². The first-order chi connectivity index (χ1) is 10.7. The molecule has 22 heavy (non-hydrogen) atoms. The van der Waals surface area contributed by atoms with Crippen molar-refractivity contribution in [3.8, 4) is 0 Å². The predicted molar refractivity (Wildman–Crippen MR) is 94.4 cm³/mol. The van der Waals surface area contributed by atoms with E-state index in [1.54, 1.807) is 0 Å². The lowest BCUT2D eigenvalue weighted by Crippen LogP contribution is -2.29. The average Bonchev–Trinajstić information content (AvgIpc) is 2.53. The van der Waals surface area contributed by atoms with Gasteiger partial charge in [0.1, 0.15) is 0 Å². The standard InChI is InChI=1S/C19H28N2O/c1-4-6-12-21(13-7-5-2)14-17-15(3)20-18-11-9-8-10-16(18)19(17)22/h8-11H,4-7,12-14H2,1-3H3,(H,20,22). The first kappa shape index (κ1) is 16.8. The van der Waals surface area contributed by atoms with Gasteiger partial charge in [-0.1, -0.05) is 38.8 Å². The summed E-state index contributed by atoms with van der Waals surface area (Å²) in [5, 5.41) is 0.800. The fraction of sp³-hybridized carbons (Fsp3) is 0.526. The first-order valence-corrected chi connectivity index (χ1v) is 8.50. The highest BCUT2D eigenvalue weighted by molar-refractivity contribution is 5.79. The van der Waals surface area contributed by atoms with E-state index in [0.717, 1.165) is 41.8 Å². The molecule has 0 amide bonds. The van der Waals surface area contributed by atoms with E-state index in [0.29, 0.717) is 0 Å². The van der Waals surface area contributed by atoms with Gasteiger partial charge < -0.3 is 4.98 Å². The Bertz CT molecular complexity index is 652. The van der Waals surface area contributed by atoms with E-state index >= 15 is 0 Å². The van der Waals surface area contributed by atoms with Gasteiger partial charge in [-0.25, -0.2) is 0 Å². The van der Waals surface area contributed by atoms with Crippen LogP contribution < -0.4 is 5.43 Å². The number of rotatable bonds is 8. The molecule has 1 aromatic carbocycles. The van der Waals surface area contributed by atoms with Crippen LogP contribution in [0, 0.1) is 6.92 Å². The third-order valence-electron chi connectivity index (χ3n) is 4.26. The Hall–Kier alpha value is -1.61. The minimum Gasteiger partial charge on any atom is -0.358 e. The van der Waals surface area contributed by atoms with Gasteiger partial charge in [0, 0.05) is 28.7 Å². The fourth-order valence-electron chi connectivity index (χ4n) is 2.85. The zero-order chi connectivity index (χ0) is 15.9. The molecular weight excluding hydrogens is 272 g/mol. The topological polar surface area (TPSA) is 36.1 Å². The van der Waals surface area contributed by atoms with Crippen molar-refractivity contribution >= 4 is 10.9 Å². The lowest BCUT2D eigenvalue weighted by Gasteiger charge is -2.22. The van der Waals surface area contributed by atoms with Crippen LogP contribution >= 0.6 is 0 Å². The van der Waals surface area contributed by atoms with Gasteiger partial charge in [0.2, 0.25) is 0 Å². The Morgan fingerprint density at radius 1 is 1.05 bits per heavy atom. The monoisotopic (exact) mass is 300 g/mol. The number of fused-ring (bicyclic) bond motifs is 1. The second-order valence-electron chi connectivity index (χ2n) is 6.09. The lowest BCUT2D eigenvalue weighted by molar-refractivity contribution is 0.256. The second-order valence-corrected chi connectivity index (χ2v) is 6.09. The molecule has 0 unspecified atom stereocenters. The van der Waals surface area contributed by atoms with Crippen LogP contribution in [0.2, 0.25) is 0 Å².